The lowest BCUT2D eigenvalue weighted by atomic mass is 9.87. The van der Waals surface area contributed by atoms with Crippen LogP contribution in [0.5, 0.6) is 0 Å². The van der Waals surface area contributed by atoms with E-state index in [-0.39, 0.29) is 11.9 Å². The van der Waals surface area contributed by atoms with Gasteiger partial charge in [0.1, 0.15) is 0 Å². The van der Waals surface area contributed by atoms with Gasteiger partial charge in [-0.25, -0.2) is 0 Å². The van der Waals surface area contributed by atoms with Crippen LogP contribution in [0.1, 0.15) is 36.6 Å². The molecule has 1 aliphatic heterocycles. The second kappa shape index (κ2) is 9.62. The molecule has 1 saturated heterocycles. The average Bonchev–Trinajstić information content (AvgIpc) is 3.10. The quantitative estimate of drug-likeness (QED) is 0.768. The van der Waals surface area contributed by atoms with Crippen LogP contribution in [0, 0.1) is 5.92 Å². The minimum absolute atomic E-state index is 0.0188. The fraction of sp³-hybridized carbons (Fsp3) is 0.550. The minimum Gasteiger partial charge on any atom is -0.384 e. The summed E-state index contributed by atoms with van der Waals surface area (Å²) in [4.78, 5) is 19.3. The third-order valence-electron chi connectivity index (χ3n) is 5.12. The van der Waals surface area contributed by atoms with E-state index in [1.165, 1.54) is 5.56 Å². The number of rotatable bonds is 8. The molecular weight excluding hydrogens is 342 g/mol. The molecule has 0 aromatic carbocycles. The topological polar surface area (TPSA) is 72.3 Å². The summed E-state index contributed by atoms with van der Waals surface area (Å²) in [6.45, 7) is 3.38. The molecular formula is C20H29N5O2. The van der Waals surface area contributed by atoms with Gasteiger partial charge in [0.15, 0.2) is 0 Å². The number of pyridine rings is 1. The predicted molar refractivity (Wildman–Crippen MR) is 103 cm³/mol. The van der Waals surface area contributed by atoms with E-state index in [9.17, 15) is 4.79 Å². The van der Waals surface area contributed by atoms with E-state index < -0.39 is 0 Å². The van der Waals surface area contributed by atoms with Crippen molar-refractivity contribution in [2.75, 3.05) is 26.8 Å². The van der Waals surface area contributed by atoms with Crippen molar-refractivity contribution >= 4 is 5.91 Å². The van der Waals surface area contributed by atoms with Gasteiger partial charge in [0.2, 0.25) is 5.91 Å². The highest BCUT2D eigenvalue weighted by Gasteiger charge is 2.29. The smallest absolute Gasteiger partial charge is 0.222 e. The highest BCUT2D eigenvalue weighted by Crippen LogP contribution is 2.30. The first-order valence-corrected chi connectivity index (χ1v) is 9.55. The van der Waals surface area contributed by atoms with Gasteiger partial charge < -0.3 is 10.1 Å². The summed E-state index contributed by atoms with van der Waals surface area (Å²) in [5.74, 6) is 0.404. The standard InChI is InChI=1S/C20H29N5O2/c1-24-14-16(13-22-24)15-25-10-6-17(7-11-25)20(18-5-3-4-9-21-18)23-19(26)8-12-27-2/h3-5,9,13-14,17,20H,6-8,10-12,15H2,1-2H3,(H,23,26)/t20-/m1/s1. The maximum Gasteiger partial charge on any atom is 0.222 e. The van der Waals surface area contributed by atoms with E-state index in [2.05, 4.69) is 26.5 Å². The molecule has 27 heavy (non-hydrogen) atoms. The Morgan fingerprint density at radius 3 is 2.81 bits per heavy atom. The lowest BCUT2D eigenvalue weighted by molar-refractivity contribution is -0.123. The van der Waals surface area contributed by atoms with E-state index >= 15 is 0 Å². The normalized spacial score (nSPS) is 17.0. The highest BCUT2D eigenvalue weighted by molar-refractivity contribution is 5.76. The van der Waals surface area contributed by atoms with E-state index in [4.69, 9.17) is 4.74 Å². The molecule has 1 amide bonds. The van der Waals surface area contributed by atoms with Gasteiger partial charge in [0.25, 0.3) is 0 Å². The van der Waals surface area contributed by atoms with E-state index in [1.807, 2.05) is 36.1 Å². The number of likely N-dealkylation sites (tertiary alicyclic amines) is 1. The van der Waals surface area contributed by atoms with Crippen molar-refractivity contribution in [3.8, 4) is 0 Å². The van der Waals surface area contributed by atoms with Gasteiger partial charge in [-0.3, -0.25) is 19.4 Å². The maximum atomic E-state index is 12.3. The molecule has 0 saturated carbocycles. The van der Waals surface area contributed by atoms with Gasteiger partial charge in [-0.1, -0.05) is 6.07 Å². The van der Waals surface area contributed by atoms with Crippen LogP contribution in [0.25, 0.3) is 0 Å². The highest BCUT2D eigenvalue weighted by atomic mass is 16.5. The minimum atomic E-state index is -0.0453. The average molecular weight is 371 g/mol. The number of amides is 1. The molecule has 0 aliphatic carbocycles. The van der Waals surface area contributed by atoms with E-state index in [0.29, 0.717) is 18.9 Å². The summed E-state index contributed by atoms with van der Waals surface area (Å²) in [5.41, 5.74) is 2.18. The number of methoxy groups -OCH3 is 1. The van der Waals surface area contributed by atoms with Crippen molar-refractivity contribution < 1.29 is 9.53 Å². The van der Waals surface area contributed by atoms with Crippen molar-refractivity contribution in [3.05, 3.63) is 48.0 Å². The predicted octanol–water partition coefficient (Wildman–Crippen LogP) is 1.92. The molecule has 3 heterocycles. The van der Waals surface area contributed by atoms with Crippen LogP contribution < -0.4 is 5.32 Å². The molecule has 1 fully saturated rings. The Hall–Kier alpha value is -2.25. The van der Waals surface area contributed by atoms with Gasteiger partial charge >= 0.3 is 0 Å². The summed E-state index contributed by atoms with van der Waals surface area (Å²) in [6, 6.07) is 5.84. The number of piperidine rings is 1. The zero-order chi connectivity index (χ0) is 19.1. The Morgan fingerprint density at radius 2 is 2.19 bits per heavy atom. The second-order valence-corrected chi connectivity index (χ2v) is 7.18. The van der Waals surface area contributed by atoms with Crippen LogP contribution in [0.3, 0.4) is 0 Å². The fourth-order valence-electron chi connectivity index (χ4n) is 3.69. The van der Waals surface area contributed by atoms with Crippen LogP contribution in [-0.4, -0.2) is 52.4 Å². The SMILES string of the molecule is COCCC(=O)N[C@@H](c1ccccn1)C1CCN(Cc2cnn(C)c2)CC1. The lowest BCUT2D eigenvalue weighted by Crippen LogP contribution is -2.41. The van der Waals surface area contributed by atoms with Gasteiger partial charge in [0, 0.05) is 45.1 Å². The molecule has 0 spiro atoms. The van der Waals surface area contributed by atoms with Gasteiger partial charge in [0.05, 0.1) is 24.5 Å². The number of nitrogens with zero attached hydrogens (tertiary/aromatic N) is 4. The van der Waals surface area contributed by atoms with E-state index in [1.54, 1.807) is 13.3 Å². The number of aryl methyl sites for hydroxylation is 1. The molecule has 0 unspecified atom stereocenters. The number of carbonyl (C=O) groups excluding carboxylic acids is 1. The summed E-state index contributed by atoms with van der Waals surface area (Å²) in [6.07, 6.45) is 8.23. The number of nitrogens with one attached hydrogen (secondary N) is 1. The summed E-state index contributed by atoms with van der Waals surface area (Å²) in [7, 11) is 3.56. The number of aromatic nitrogens is 3. The molecule has 0 radical (unpaired) electrons. The number of hydrogen-bond donors (Lipinski definition) is 1. The van der Waals surface area contributed by atoms with Crippen LogP contribution >= 0.6 is 0 Å². The van der Waals surface area contributed by atoms with Gasteiger partial charge in [-0.05, 0) is 44.0 Å². The Labute approximate surface area is 160 Å². The van der Waals surface area contributed by atoms with Crippen LogP contribution in [0.2, 0.25) is 0 Å². The van der Waals surface area contributed by atoms with Gasteiger partial charge in [-0.15, -0.1) is 0 Å². The first-order valence-electron chi connectivity index (χ1n) is 9.55. The van der Waals surface area contributed by atoms with Crippen molar-refractivity contribution in [1.82, 2.24) is 25.0 Å². The second-order valence-electron chi connectivity index (χ2n) is 7.18. The molecule has 1 atom stereocenters. The third-order valence-corrected chi connectivity index (χ3v) is 5.12. The molecule has 2 aromatic rings. The Balaban J connectivity index is 1.60. The molecule has 0 bridgehead atoms. The zero-order valence-electron chi connectivity index (χ0n) is 16.2. The first kappa shape index (κ1) is 19.5. The third kappa shape index (κ3) is 5.61. The van der Waals surface area contributed by atoms with Crippen LogP contribution in [-0.2, 0) is 23.1 Å². The van der Waals surface area contributed by atoms with Crippen LogP contribution in [0.4, 0.5) is 0 Å². The van der Waals surface area contributed by atoms with Crippen LogP contribution in [0.15, 0.2) is 36.8 Å². The van der Waals surface area contributed by atoms with Crippen molar-refractivity contribution in [3.63, 3.8) is 0 Å². The monoisotopic (exact) mass is 371 g/mol. The molecule has 1 aliphatic rings. The molecule has 7 nitrogen and oxygen atoms in total. The Morgan fingerprint density at radius 1 is 1.37 bits per heavy atom. The van der Waals surface area contributed by atoms with Crippen molar-refractivity contribution in [1.29, 1.82) is 0 Å². The fourth-order valence-corrected chi connectivity index (χ4v) is 3.69. The molecule has 3 rings (SSSR count). The molecule has 146 valence electrons. The maximum absolute atomic E-state index is 12.3. The molecule has 7 heteroatoms. The van der Waals surface area contributed by atoms with Crippen molar-refractivity contribution in [2.45, 2.75) is 31.8 Å². The summed E-state index contributed by atoms with van der Waals surface area (Å²) < 4.78 is 6.87. The summed E-state index contributed by atoms with van der Waals surface area (Å²) in [5, 5.41) is 7.44. The zero-order valence-corrected chi connectivity index (χ0v) is 16.2. The number of carbonyl (C=O) groups is 1. The Bertz CT molecular complexity index is 710. The van der Waals surface area contributed by atoms with Crippen molar-refractivity contribution in [2.24, 2.45) is 13.0 Å². The molecule has 2 aromatic heterocycles. The number of ether oxygens (including phenoxy) is 1. The van der Waals surface area contributed by atoms with E-state index in [0.717, 1.165) is 38.2 Å². The number of hydrogen-bond acceptors (Lipinski definition) is 5. The van der Waals surface area contributed by atoms with Gasteiger partial charge in [-0.2, -0.15) is 5.10 Å². The lowest BCUT2D eigenvalue weighted by Gasteiger charge is -2.36. The molecule has 1 N–H and O–H groups in total. The summed E-state index contributed by atoms with van der Waals surface area (Å²) >= 11 is 0. The first-order chi connectivity index (χ1) is 13.2. The largest absolute Gasteiger partial charge is 0.384 e. The Kier molecular flexibility index (Phi) is 6.95.